The monoisotopic (exact) mass is 448 g/mol. The number of ketones is 1. The van der Waals surface area contributed by atoms with E-state index in [0.717, 1.165) is 5.56 Å². The number of aliphatic hydroxyl groups is 1. The Hall–Kier alpha value is -2.41. The number of hydrogen-bond donors (Lipinski definition) is 3. The second kappa shape index (κ2) is 13.2. The standard InChI is InChI=1S/C25H40N2O5/c1-17(2)18(3)22(29)15-20(9-7-8-14-26-24(31)32-25(4,5)6)23(30)27-21-12-10-19(16-28)11-13-21/h10-13,17-18,20,28H,7-9,14-16H2,1-6H3,(H,26,31)(H,27,30)/t18-,20+/m0/s1. The highest BCUT2D eigenvalue weighted by atomic mass is 16.6. The van der Waals surface area contributed by atoms with Gasteiger partial charge in [0.2, 0.25) is 5.91 Å². The van der Waals surface area contributed by atoms with E-state index in [2.05, 4.69) is 10.6 Å². The molecule has 0 aliphatic rings. The number of alkyl carbamates (subject to hydrolysis) is 1. The molecular weight excluding hydrogens is 408 g/mol. The van der Waals surface area contributed by atoms with Gasteiger partial charge in [-0.2, -0.15) is 0 Å². The van der Waals surface area contributed by atoms with Gasteiger partial charge in [0.05, 0.1) is 6.61 Å². The minimum Gasteiger partial charge on any atom is -0.444 e. The molecule has 0 aliphatic carbocycles. The third-order valence-electron chi connectivity index (χ3n) is 5.38. The van der Waals surface area contributed by atoms with Crippen molar-refractivity contribution in [2.24, 2.45) is 17.8 Å². The summed E-state index contributed by atoms with van der Waals surface area (Å²) < 4.78 is 5.21. The fourth-order valence-electron chi connectivity index (χ4n) is 3.08. The summed E-state index contributed by atoms with van der Waals surface area (Å²) in [4.78, 5) is 37.3. The molecular formula is C25H40N2O5. The van der Waals surface area contributed by atoms with E-state index in [-0.39, 0.29) is 36.6 Å². The average Bonchev–Trinajstić information content (AvgIpc) is 2.70. The molecule has 180 valence electrons. The number of carbonyl (C=O) groups excluding carboxylic acids is 3. The predicted octanol–water partition coefficient (Wildman–Crippen LogP) is 4.68. The van der Waals surface area contributed by atoms with E-state index < -0.39 is 17.6 Å². The number of hydrogen-bond acceptors (Lipinski definition) is 5. The molecule has 0 radical (unpaired) electrons. The normalized spacial score (nSPS) is 13.4. The third-order valence-corrected chi connectivity index (χ3v) is 5.38. The molecule has 0 saturated carbocycles. The highest BCUT2D eigenvalue weighted by molar-refractivity contribution is 5.95. The summed E-state index contributed by atoms with van der Waals surface area (Å²) >= 11 is 0. The summed E-state index contributed by atoms with van der Waals surface area (Å²) in [5.41, 5.74) is 0.849. The van der Waals surface area contributed by atoms with Crippen molar-refractivity contribution in [1.29, 1.82) is 0 Å². The van der Waals surface area contributed by atoms with Gasteiger partial charge in [-0.25, -0.2) is 4.79 Å². The number of Topliss-reactive ketones (excluding diaryl/α,β-unsaturated/α-hetero) is 1. The number of anilines is 1. The number of benzene rings is 1. The zero-order valence-electron chi connectivity index (χ0n) is 20.4. The number of amides is 2. The van der Waals surface area contributed by atoms with Crippen molar-refractivity contribution in [1.82, 2.24) is 5.32 Å². The van der Waals surface area contributed by atoms with Crippen molar-refractivity contribution in [3.8, 4) is 0 Å². The second-order valence-electron chi connectivity index (χ2n) is 9.67. The van der Waals surface area contributed by atoms with Crippen LogP contribution in [0, 0.1) is 17.8 Å². The van der Waals surface area contributed by atoms with Crippen LogP contribution < -0.4 is 10.6 Å². The minimum atomic E-state index is -0.546. The molecule has 0 aromatic heterocycles. The molecule has 3 N–H and O–H groups in total. The molecule has 7 heteroatoms. The van der Waals surface area contributed by atoms with Crippen LogP contribution in [0.4, 0.5) is 10.5 Å². The van der Waals surface area contributed by atoms with Crippen LogP contribution in [0.15, 0.2) is 24.3 Å². The van der Waals surface area contributed by atoms with Crippen LogP contribution in [0.1, 0.15) is 72.8 Å². The molecule has 0 saturated heterocycles. The molecule has 1 aromatic rings. The van der Waals surface area contributed by atoms with E-state index in [4.69, 9.17) is 9.84 Å². The quantitative estimate of drug-likeness (QED) is 0.403. The van der Waals surface area contributed by atoms with E-state index in [9.17, 15) is 14.4 Å². The maximum atomic E-state index is 12.9. The van der Waals surface area contributed by atoms with E-state index in [0.29, 0.717) is 31.5 Å². The number of ether oxygens (including phenoxy) is 1. The molecule has 1 rings (SSSR count). The van der Waals surface area contributed by atoms with Gasteiger partial charge in [-0.15, -0.1) is 0 Å². The van der Waals surface area contributed by atoms with Gasteiger partial charge in [-0.3, -0.25) is 9.59 Å². The van der Waals surface area contributed by atoms with Crippen LogP contribution in [0.25, 0.3) is 0 Å². The lowest BCUT2D eigenvalue weighted by molar-refractivity contribution is -0.129. The highest BCUT2D eigenvalue weighted by Crippen LogP contribution is 2.22. The van der Waals surface area contributed by atoms with Crippen molar-refractivity contribution in [2.75, 3.05) is 11.9 Å². The van der Waals surface area contributed by atoms with Gasteiger partial charge in [-0.05, 0) is 57.2 Å². The van der Waals surface area contributed by atoms with Gasteiger partial charge < -0.3 is 20.5 Å². The van der Waals surface area contributed by atoms with Crippen molar-refractivity contribution in [2.45, 2.75) is 79.4 Å². The third kappa shape index (κ3) is 10.8. The zero-order valence-corrected chi connectivity index (χ0v) is 20.4. The number of nitrogens with one attached hydrogen (secondary N) is 2. The van der Waals surface area contributed by atoms with Gasteiger partial charge in [-0.1, -0.05) is 39.3 Å². The molecule has 0 aliphatic heterocycles. The first-order valence-electron chi connectivity index (χ1n) is 11.4. The van der Waals surface area contributed by atoms with Gasteiger partial charge >= 0.3 is 6.09 Å². The molecule has 0 spiro atoms. The molecule has 2 amide bonds. The first kappa shape index (κ1) is 27.6. The molecule has 0 unspecified atom stereocenters. The number of unbranched alkanes of at least 4 members (excludes halogenated alkanes) is 1. The van der Waals surface area contributed by atoms with Gasteiger partial charge in [0.1, 0.15) is 11.4 Å². The van der Waals surface area contributed by atoms with Gasteiger partial charge in [0.15, 0.2) is 0 Å². The van der Waals surface area contributed by atoms with Gasteiger partial charge in [0, 0.05) is 30.5 Å². The Labute approximate surface area is 192 Å². The number of carbonyl (C=O) groups is 3. The van der Waals surface area contributed by atoms with Crippen LogP contribution in [0.5, 0.6) is 0 Å². The molecule has 0 heterocycles. The smallest absolute Gasteiger partial charge is 0.407 e. The highest BCUT2D eigenvalue weighted by Gasteiger charge is 2.26. The average molecular weight is 449 g/mol. The van der Waals surface area contributed by atoms with Crippen molar-refractivity contribution >= 4 is 23.5 Å². The maximum Gasteiger partial charge on any atom is 0.407 e. The van der Waals surface area contributed by atoms with Gasteiger partial charge in [0.25, 0.3) is 0 Å². The first-order chi connectivity index (χ1) is 14.9. The lowest BCUT2D eigenvalue weighted by Gasteiger charge is -2.21. The van der Waals surface area contributed by atoms with Crippen molar-refractivity contribution < 1.29 is 24.2 Å². The maximum absolute atomic E-state index is 12.9. The SMILES string of the molecule is CC(C)[C@H](C)C(=O)C[C@@H](CCCCNC(=O)OC(C)(C)C)C(=O)Nc1ccc(CO)cc1. The molecule has 32 heavy (non-hydrogen) atoms. The predicted molar refractivity (Wildman–Crippen MR) is 126 cm³/mol. The van der Waals surface area contributed by atoms with Crippen LogP contribution >= 0.6 is 0 Å². The molecule has 0 fully saturated rings. The number of aliphatic hydroxyl groups excluding tert-OH is 1. The van der Waals surface area contributed by atoms with E-state index in [1.165, 1.54) is 0 Å². The second-order valence-corrected chi connectivity index (χ2v) is 9.67. The lowest BCUT2D eigenvalue weighted by Crippen LogP contribution is -2.33. The molecule has 1 aromatic carbocycles. The lowest BCUT2D eigenvalue weighted by atomic mass is 9.86. The minimum absolute atomic E-state index is 0.0597. The van der Waals surface area contributed by atoms with Crippen LogP contribution in [-0.2, 0) is 20.9 Å². The van der Waals surface area contributed by atoms with E-state index in [1.54, 1.807) is 24.3 Å². The first-order valence-corrected chi connectivity index (χ1v) is 11.4. The Morgan fingerprint density at radius 2 is 1.66 bits per heavy atom. The summed E-state index contributed by atoms with van der Waals surface area (Å²) in [6.07, 6.45) is 1.66. The Balaban J connectivity index is 2.66. The van der Waals surface area contributed by atoms with Crippen molar-refractivity contribution in [3.05, 3.63) is 29.8 Å². The van der Waals surface area contributed by atoms with Crippen molar-refractivity contribution in [3.63, 3.8) is 0 Å². The largest absolute Gasteiger partial charge is 0.444 e. The van der Waals surface area contributed by atoms with E-state index in [1.807, 2.05) is 41.5 Å². The molecule has 7 nitrogen and oxygen atoms in total. The molecule has 0 bridgehead atoms. The Morgan fingerprint density at radius 3 is 2.19 bits per heavy atom. The zero-order chi connectivity index (χ0) is 24.3. The topological polar surface area (TPSA) is 105 Å². The molecule has 2 atom stereocenters. The van der Waals surface area contributed by atoms with Crippen LogP contribution in [0.2, 0.25) is 0 Å². The summed E-state index contributed by atoms with van der Waals surface area (Å²) in [5, 5.41) is 14.8. The summed E-state index contributed by atoms with van der Waals surface area (Å²) in [7, 11) is 0. The number of rotatable bonds is 12. The Bertz CT molecular complexity index is 738. The Kier molecular flexibility index (Phi) is 11.4. The Morgan fingerprint density at radius 1 is 1.03 bits per heavy atom. The fraction of sp³-hybridized carbons (Fsp3) is 0.640. The fourth-order valence-corrected chi connectivity index (χ4v) is 3.08. The van der Waals surface area contributed by atoms with Crippen LogP contribution in [0.3, 0.4) is 0 Å². The summed E-state index contributed by atoms with van der Waals surface area (Å²) in [6, 6.07) is 6.98. The van der Waals surface area contributed by atoms with E-state index >= 15 is 0 Å². The summed E-state index contributed by atoms with van der Waals surface area (Å²) in [6.45, 7) is 11.7. The summed E-state index contributed by atoms with van der Waals surface area (Å²) in [5.74, 6) is -0.435. The van der Waals surface area contributed by atoms with Crippen LogP contribution in [-0.4, -0.2) is 35.0 Å².